The summed E-state index contributed by atoms with van der Waals surface area (Å²) in [6.07, 6.45) is 5.00. The number of hydrogen-bond acceptors (Lipinski definition) is 6. The van der Waals surface area contributed by atoms with Gasteiger partial charge in [-0.25, -0.2) is 4.39 Å². The summed E-state index contributed by atoms with van der Waals surface area (Å²) in [5, 5.41) is 4.17. The summed E-state index contributed by atoms with van der Waals surface area (Å²) in [7, 11) is 0. The Morgan fingerprint density at radius 2 is 2.09 bits per heavy atom. The van der Waals surface area contributed by atoms with Crippen LogP contribution in [0, 0.1) is 11.2 Å². The zero-order valence-corrected chi connectivity index (χ0v) is 18.0. The lowest BCUT2D eigenvalue weighted by atomic mass is 9.74. The number of esters is 1. The van der Waals surface area contributed by atoms with E-state index >= 15 is 0 Å². The number of rotatable bonds is 6. The van der Waals surface area contributed by atoms with Crippen molar-refractivity contribution in [1.82, 2.24) is 9.88 Å². The molecule has 7 nitrogen and oxygen atoms in total. The van der Waals surface area contributed by atoms with Gasteiger partial charge in [-0.15, -0.1) is 0 Å². The fraction of sp³-hybridized carbons (Fsp3) is 0.417. The normalized spacial score (nSPS) is 22.8. The lowest BCUT2D eigenvalue weighted by Gasteiger charge is -2.41. The molecule has 2 aromatic rings. The van der Waals surface area contributed by atoms with Crippen molar-refractivity contribution in [2.24, 2.45) is 10.6 Å². The van der Waals surface area contributed by atoms with Gasteiger partial charge < -0.3 is 14.5 Å². The van der Waals surface area contributed by atoms with Crippen molar-refractivity contribution in [3.8, 4) is 0 Å². The molecule has 8 heteroatoms. The fourth-order valence-corrected chi connectivity index (χ4v) is 4.46. The number of oxime groups is 1. The number of hydrogen-bond donors (Lipinski definition) is 0. The Morgan fingerprint density at radius 1 is 1.28 bits per heavy atom. The maximum atomic E-state index is 13.2. The number of ether oxygens (including phenoxy) is 1. The van der Waals surface area contributed by atoms with Crippen LogP contribution < -0.4 is 0 Å². The van der Waals surface area contributed by atoms with E-state index in [1.165, 1.54) is 18.3 Å². The van der Waals surface area contributed by atoms with Crippen LogP contribution in [0.4, 0.5) is 4.39 Å². The molecule has 0 aliphatic carbocycles. The molecule has 0 spiro atoms. The molecule has 4 rings (SSSR count). The van der Waals surface area contributed by atoms with Crippen molar-refractivity contribution in [3.63, 3.8) is 0 Å². The summed E-state index contributed by atoms with van der Waals surface area (Å²) in [5.74, 6) is -0.781. The second-order valence-corrected chi connectivity index (χ2v) is 8.25. The third-order valence-electron chi connectivity index (χ3n) is 6.01. The summed E-state index contributed by atoms with van der Waals surface area (Å²) in [4.78, 5) is 37.5. The molecular weight excluding hydrogens is 413 g/mol. The first-order chi connectivity index (χ1) is 15.5. The zero-order valence-electron chi connectivity index (χ0n) is 18.0. The van der Waals surface area contributed by atoms with Gasteiger partial charge in [-0.1, -0.05) is 17.3 Å². The molecule has 1 saturated heterocycles. The topological polar surface area (TPSA) is 81.1 Å². The van der Waals surface area contributed by atoms with E-state index in [0.29, 0.717) is 43.5 Å². The van der Waals surface area contributed by atoms with E-state index in [4.69, 9.17) is 9.57 Å². The van der Waals surface area contributed by atoms with Crippen LogP contribution in [0.3, 0.4) is 0 Å². The molecule has 0 bridgehead atoms. The summed E-state index contributed by atoms with van der Waals surface area (Å²) in [6, 6.07) is 9.53. The Morgan fingerprint density at radius 3 is 2.81 bits per heavy atom. The molecule has 1 fully saturated rings. The van der Waals surface area contributed by atoms with E-state index < -0.39 is 5.41 Å². The first-order valence-electron chi connectivity index (χ1n) is 10.9. The molecule has 3 heterocycles. The fourth-order valence-electron chi connectivity index (χ4n) is 4.46. The highest BCUT2D eigenvalue weighted by atomic mass is 19.1. The van der Waals surface area contributed by atoms with Crippen LogP contribution in [-0.2, 0) is 14.4 Å². The maximum absolute atomic E-state index is 13.2. The second-order valence-electron chi connectivity index (χ2n) is 8.25. The lowest BCUT2D eigenvalue weighted by molar-refractivity contribution is -0.161. The van der Waals surface area contributed by atoms with Gasteiger partial charge >= 0.3 is 5.97 Å². The average molecular weight is 439 g/mol. The number of carbonyl (C=O) groups excluding carboxylic acids is 2. The van der Waals surface area contributed by atoms with Crippen LogP contribution in [0.25, 0.3) is 0 Å². The van der Waals surface area contributed by atoms with Crippen LogP contribution in [-0.4, -0.2) is 53.3 Å². The highest BCUT2D eigenvalue weighted by molar-refractivity contribution is 6.01. The molecule has 2 aliphatic rings. The molecule has 2 aliphatic heterocycles. The standard InChI is InChI=1S/C24H26FN3O4/c1-2-31-23(30)24(10-4-12-28(16-24)22(29)18-5-3-11-26-15-18)14-20-13-21(27-32-20)17-6-8-19(25)9-7-17/h3,5-9,11,15,20H,2,4,10,12-14,16H2,1H3/t20-,24-/m0/s1. The minimum absolute atomic E-state index is 0.151. The third-order valence-corrected chi connectivity index (χ3v) is 6.01. The van der Waals surface area contributed by atoms with Crippen LogP contribution in [0.5, 0.6) is 0 Å². The molecule has 0 N–H and O–H groups in total. The molecule has 2 atom stereocenters. The number of piperidine rings is 1. The second kappa shape index (κ2) is 9.46. The van der Waals surface area contributed by atoms with Gasteiger partial charge in [0, 0.05) is 38.3 Å². The molecule has 1 amide bonds. The SMILES string of the molecule is CCOC(=O)[C@]1(C[C@@H]2CC(c3ccc(F)cc3)=NO2)CCCN(C(=O)c2cccnc2)C1. The Bertz CT molecular complexity index is 996. The first kappa shape index (κ1) is 21.9. The Balaban J connectivity index is 1.50. The van der Waals surface area contributed by atoms with Gasteiger partial charge in [0.15, 0.2) is 0 Å². The van der Waals surface area contributed by atoms with Gasteiger partial charge in [0.2, 0.25) is 0 Å². The number of benzene rings is 1. The Kier molecular flexibility index (Phi) is 6.48. The maximum Gasteiger partial charge on any atom is 0.314 e. The molecule has 0 unspecified atom stereocenters. The first-order valence-corrected chi connectivity index (χ1v) is 10.9. The average Bonchev–Trinajstić information content (AvgIpc) is 3.28. The van der Waals surface area contributed by atoms with Gasteiger partial charge in [0.25, 0.3) is 5.91 Å². The van der Waals surface area contributed by atoms with Crippen molar-refractivity contribution >= 4 is 17.6 Å². The van der Waals surface area contributed by atoms with Crippen molar-refractivity contribution in [2.45, 2.75) is 38.7 Å². The highest BCUT2D eigenvalue weighted by Gasteiger charge is 2.47. The van der Waals surface area contributed by atoms with Gasteiger partial charge in [-0.3, -0.25) is 14.6 Å². The number of carbonyl (C=O) groups is 2. The highest BCUT2D eigenvalue weighted by Crippen LogP contribution is 2.39. The molecule has 32 heavy (non-hydrogen) atoms. The quantitative estimate of drug-likeness (QED) is 0.643. The van der Waals surface area contributed by atoms with Gasteiger partial charge in [-0.05, 0) is 49.6 Å². The van der Waals surface area contributed by atoms with Gasteiger partial charge in [0.1, 0.15) is 11.9 Å². The largest absolute Gasteiger partial charge is 0.466 e. The summed E-state index contributed by atoms with van der Waals surface area (Å²) < 4.78 is 18.7. The van der Waals surface area contributed by atoms with Crippen LogP contribution in [0.15, 0.2) is 53.9 Å². The molecule has 0 saturated carbocycles. The van der Waals surface area contributed by atoms with E-state index in [1.54, 1.807) is 42.3 Å². The number of amides is 1. The van der Waals surface area contributed by atoms with Crippen LogP contribution in [0.2, 0.25) is 0 Å². The van der Waals surface area contributed by atoms with Crippen molar-refractivity contribution in [3.05, 3.63) is 65.7 Å². The number of nitrogens with zero attached hydrogens (tertiary/aromatic N) is 3. The predicted octanol–water partition coefficient (Wildman–Crippen LogP) is 3.59. The van der Waals surface area contributed by atoms with Gasteiger partial charge in [0.05, 0.1) is 23.3 Å². The minimum Gasteiger partial charge on any atom is -0.466 e. The monoisotopic (exact) mass is 439 g/mol. The van der Waals surface area contributed by atoms with E-state index in [1.807, 2.05) is 0 Å². The van der Waals surface area contributed by atoms with Crippen LogP contribution >= 0.6 is 0 Å². The van der Waals surface area contributed by atoms with E-state index in [2.05, 4.69) is 10.1 Å². The van der Waals surface area contributed by atoms with E-state index in [0.717, 1.165) is 5.56 Å². The predicted molar refractivity (Wildman–Crippen MR) is 115 cm³/mol. The molecule has 168 valence electrons. The third kappa shape index (κ3) is 4.64. The van der Waals surface area contributed by atoms with Gasteiger partial charge in [-0.2, -0.15) is 0 Å². The minimum atomic E-state index is -0.870. The molecular formula is C24H26FN3O4. The van der Waals surface area contributed by atoms with Crippen molar-refractivity contribution in [1.29, 1.82) is 0 Å². The van der Waals surface area contributed by atoms with Crippen LogP contribution in [0.1, 0.15) is 48.5 Å². The Hall–Kier alpha value is -3.29. The van der Waals surface area contributed by atoms with E-state index in [9.17, 15) is 14.0 Å². The summed E-state index contributed by atoms with van der Waals surface area (Å²) >= 11 is 0. The van der Waals surface area contributed by atoms with Crippen molar-refractivity contribution < 1.29 is 23.6 Å². The molecule has 0 radical (unpaired) electrons. The summed E-state index contributed by atoms with van der Waals surface area (Å²) in [6.45, 7) is 2.86. The number of aromatic nitrogens is 1. The van der Waals surface area contributed by atoms with Crippen molar-refractivity contribution in [2.75, 3.05) is 19.7 Å². The number of likely N-dealkylation sites (tertiary alicyclic amines) is 1. The summed E-state index contributed by atoms with van der Waals surface area (Å²) in [5.41, 5.74) is 1.13. The molecule has 1 aromatic carbocycles. The number of halogens is 1. The Labute approximate surface area is 186 Å². The molecule has 1 aromatic heterocycles. The lowest BCUT2D eigenvalue weighted by Crippen LogP contribution is -2.51. The smallest absolute Gasteiger partial charge is 0.314 e. The zero-order chi connectivity index (χ0) is 22.6. The number of pyridine rings is 1. The van der Waals surface area contributed by atoms with E-state index in [-0.39, 0.29) is 36.9 Å².